The van der Waals surface area contributed by atoms with Crippen LogP contribution in [0.15, 0.2) is 60.4 Å². The Morgan fingerprint density at radius 2 is 1.71 bits per heavy atom. The Kier molecular flexibility index (Phi) is 5.21. The van der Waals surface area contributed by atoms with Crippen LogP contribution in [0.25, 0.3) is 12.2 Å². The molecule has 2 heterocycles. The summed E-state index contributed by atoms with van der Waals surface area (Å²) in [5.74, 6) is 0.568. The quantitative estimate of drug-likeness (QED) is 0.837. The van der Waals surface area contributed by atoms with E-state index in [2.05, 4.69) is 5.32 Å². The van der Waals surface area contributed by atoms with Crippen LogP contribution in [0, 0.1) is 0 Å². The summed E-state index contributed by atoms with van der Waals surface area (Å²) in [6.07, 6.45) is 5.06. The molecule has 142 valence electrons. The molecule has 2 aromatic rings. The molecule has 6 heteroatoms. The van der Waals surface area contributed by atoms with Gasteiger partial charge in [-0.2, -0.15) is 0 Å². The summed E-state index contributed by atoms with van der Waals surface area (Å²) in [6, 6.07) is 14.8. The van der Waals surface area contributed by atoms with Crippen molar-refractivity contribution in [2.75, 3.05) is 31.6 Å². The highest BCUT2D eigenvalue weighted by Crippen LogP contribution is 2.30. The standard InChI is InChI=1S/C22H20N2O4/c25-21(24-11-13-27-14-12-24)10-9-16-5-7-17(8-6-16)15-20-22(26)23-18-3-1-2-4-19(18)28-20/h1-10,15H,11-14H2,(H,23,26)/b10-9+,20-15-. The maximum Gasteiger partial charge on any atom is 0.291 e. The van der Waals surface area contributed by atoms with E-state index in [0.29, 0.717) is 37.7 Å². The molecular formula is C22H20N2O4. The molecule has 2 aromatic carbocycles. The van der Waals surface area contributed by atoms with Gasteiger partial charge in [-0.25, -0.2) is 0 Å². The van der Waals surface area contributed by atoms with Crippen molar-refractivity contribution in [1.82, 2.24) is 4.90 Å². The van der Waals surface area contributed by atoms with Crippen LogP contribution in [0.5, 0.6) is 5.75 Å². The summed E-state index contributed by atoms with van der Waals surface area (Å²) < 4.78 is 11.0. The molecule has 1 saturated heterocycles. The first-order chi connectivity index (χ1) is 13.7. The van der Waals surface area contributed by atoms with Gasteiger partial charge in [0, 0.05) is 19.2 Å². The Balaban J connectivity index is 1.43. The van der Waals surface area contributed by atoms with Crippen LogP contribution in [-0.4, -0.2) is 43.0 Å². The summed E-state index contributed by atoms with van der Waals surface area (Å²) in [7, 11) is 0. The Hall–Kier alpha value is -3.38. The van der Waals surface area contributed by atoms with E-state index >= 15 is 0 Å². The van der Waals surface area contributed by atoms with Crippen LogP contribution in [-0.2, 0) is 14.3 Å². The third kappa shape index (κ3) is 4.13. The van der Waals surface area contributed by atoms with Gasteiger partial charge in [-0.15, -0.1) is 0 Å². The first-order valence-electron chi connectivity index (χ1n) is 9.14. The predicted molar refractivity (Wildman–Crippen MR) is 107 cm³/mol. The first-order valence-corrected chi connectivity index (χ1v) is 9.14. The summed E-state index contributed by atoms with van der Waals surface area (Å²) >= 11 is 0. The number of nitrogens with one attached hydrogen (secondary N) is 1. The van der Waals surface area contributed by atoms with Gasteiger partial charge in [0.1, 0.15) is 0 Å². The lowest BCUT2D eigenvalue weighted by Crippen LogP contribution is -2.39. The van der Waals surface area contributed by atoms with Gasteiger partial charge >= 0.3 is 0 Å². The molecule has 2 aliphatic rings. The van der Waals surface area contributed by atoms with Crippen molar-refractivity contribution < 1.29 is 19.1 Å². The van der Waals surface area contributed by atoms with Crippen molar-refractivity contribution in [3.63, 3.8) is 0 Å². The lowest BCUT2D eigenvalue weighted by atomic mass is 10.1. The average molecular weight is 376 g/mol. The van der Waals surface area contributed by atoms with E-state index in [-0.39, 0.29) is 17.6 Å². The maximum absolute atomic E-state index is 12.2. The van der Waals surface area contributed by atoms with E-state index in [4.69, 9.17) is 9.47 Å². The fourth-order valence-electron chi connectivity index (χ4n) is 3.01. The summed E-state index contributed by atoms with van der Waals surface area (Å²) in [4.78, 5) is 26.1. The zero-order valence-electron chi connectivity index (χ0n) is 15.3. The Morgan fingerprint density at radius 3 is 2.50 bits per heavy atom. The lowest BCUT2D eigenvalue weighted by molar-refractivity contribution is -0.129. The van der Waals surface area contributed by atoms with Crippen molar-refractivity contribution >= 4 is 29.7 Å². The number of rotatable bonds is 3. The highest BCUT2D eigenvalue weighted by Gasteiger charge is 2.21. The second-order valence-electron chi connectivity index (χ2n) is 6.50. The van der Waals surface area contributed by atoms with Gasteiger partial charge in [0.2, 0.25) is 5.91 Å². The van der Waals surface area contributed by atoms with Gasteiger partial charge in [0.15, 0.2) is 11.5 Å². The maximum atomic E-state index is 12.2. The number of carbonyl (C=O) groups is 2. The van der Waals surface area contributed by atoms with E-state index in [1.807, 2.05) is 42.5 Å². The monoisotopic (exact) mass is 376 g/mol. The summed E-state index contributed by atoms with van der Waals surface area (Å²) in [6.45, 7) is 2.42. The number of hydrogen-bond donors (Lipinski definition) is 1. The van der Waals surface area contributed by atoms with Crippen LogP contribution in [0.4, 0.5) is 5.69 Å². The second-order valence-corrected chi connectivity index (χ2v) is 6.50. The minimum Gasteiger partial charge on any atom is -0.449 e. The third-order valence-electron chi connectivity index (χ3n) is 4.55. The highest BCUT2D eigenvalue weighted by atomic mass is 16.5. The van der Waals surface area contributed by atoms with E-state index < -0.39 is 0 Å². The number of amides is 2. The highest BCUT2D eigenvalue weighted by molar-refractivity contribution is 6.08. The summed E-state index contributed by atoms with van der Waals surface area (Å²) in [5, 5.41) is 2.81. The zero-order valence-corrected chi connectivity index (χ0v) is 15.3. The molecule has 0 spiro atoms. The Labute approximate surface area is 163 Å². The van der Waals surface area contributed by atoms with Crippen LogP contribution in [0.2, 0.25) is 0 Å². The molecule has 1 fully saturated rings. The smallest absolute Gasteiger partial charge is 0.291 e. The van der Waals surface area contributed by atoms with Gasteiger partial charge in [0.25, 0.3) is 5.91 Å². The lowest BCUT2D eigenvalue weighted by Gasteiger charge is -2.25. The van der Waals surface area contributed by atoms with Gasteiger partial charge in [0.05, 0.1) is 18.9 Å². The second kappa shape index (κ2) is 8.10. The molecule has 4 rings (SSSR count). The van der Waals surface area contributed by atoms with Crippen molar-refractivity contribution in [1.29, 1.82) is 0 Å². The number of carbonyl (C=O) groups excluding carboxylic acids is 2. The van der Waals surface area contributed by atoms with Crippen LogP contribution in [0.3, 0.4) is 0 Å². The summed E-state index contributed by atoms with van der Waals surface area (Å²) in [5.41, 5.74) is 2.40. The van der Waals surface area contributed by atoms with Crippen molar-refractivity contribution in [2.24, 2.45) is 0 Å². The molecule has 0 atom stereocenters. The van der Waals surface area contributed by atoms with Crippen molar-refractivity contribution in [3.8, 4) is 5.75 Å². The van der Waals surface area contributed by atoms with E-state index in [0.717, 1.165) is 11.1 Å². The number of morpholine rings is 1. The molecule has 2 aliphatic heterocycles. The van der Waals surface area contributed by atoms with Crippen LogP contribution < -0.4 is 10.1 Å². The largest absolute Gasteiger partial charge is 0.449 e. The number of ether oxygens (including phenoxy) is 2. The molecule has 0 unspecified atom stereocenters. The average Bonchev–Trinajstić information content (AvgIpc) is 2.74. The topological polar surface area (TPSA) is 67.9 Å². The van der Waals surface area contributed by atoms with Gasteiger partial charge in [-0.1, -0.05) is 36.4 Å². The van der Waals surface area contributed by atoms with E-state index in [1.165, 1.54) is 0 Å². The van der Waals surface area contributed by atoms with Gasteiger partial charge in [-0.05, 0) is 35.4 Å². The molecule has 0 aliphatic carbocycles. The molecule has 28 heavy (non-hydrogen) atoms. The van der Waals surface area contributed by atoms with Crippen molar-refractivity contribution in [3.05, 3.63) is 71.5 Å². The minimum atomic E-state index is -0.279. The van der Waals surface area contributed by atoms with Crippen LogP contribution in [0.1, 0.15) is 11.1 Å². The van der Waals surface area contributed by atoms with E-state index in [9.17, 15) is 9.59 Å². The number of fused-ring (bicyclic) bond motifs is 1. The number of para-hydroxylation sites is 2. The normalized spacial score (nSPS) is 17.9. The number of hydrogen-bond acceptors (Lipinski definition) is 4. The molecule has 0 aromatic heterocycles. The number of benzene rings is 2. The predicted octanol–water partition coefficient (Wildman–Crippen LogP) is 2.93. The molecular weight excluding hydrogens is 356 g/mol. The van der Waals surface area contributed by atoms with E-state index in [1.54, 1.807) is 29.2 Å². The fraction of sp³-hybridized carbons (Fsp3) is 0.182. The number of nitrogens with zero attached hydrogens (tertiary/aromatic N) is 1. The molecule has 0 radical (unpaired) electrons. The first kappa shape index (κ1) is 18.0. The van der Waals surface area contributed by atoms with Gasteiger partial charge < -0.3 is 19.7 Å². The fourth-order valence-corrected chi connectivity index (χ4v) is 3.01. The van der Waals surface area contributed by atoms with Gasteiger partial charge in [-0.3, -0.25) is 9.59 Å². The molecule has 6 nitrogen and oxygen atoms in total. The molecule has 0 bridgehead atoms. The SMILES string of the molecule is O=C1Nc2ccccc2O/C1=C\c1ccc(/C=C/C(=O)N2CCOCC2)cc1. The zero-order chi connectivity index (χ0) is 19.3. The number of anilines is 1. The Morgan fingerprint density at radius 1 is 1.00 bits per heavy atom. The van der Waals surface area contributed by atoms with Crippen LogP contribution >= 0.6 is 0 Å². The molecule has 0 saturated carbocycles. The minimum absolute atomic E-state index is 0.0135. The molecule has 2 amide bonds. The molecule has 1 N–H and O–H groups in total. The van der Waals surface area contributed by atoms with Crippen molar-refractivity contribution in [2.45, 2.75) is 0 Å². The Bertz CT molecular complexity index is 941. The third-order valence-corrected chi connectivity index (χ3v) is 4.55.